The lowest BCUT2D eigenvalue weighted by Gasteiger charge is -2.46. The highest BCUT2D eigenvalue weighted by Gasteiger charge is 2.48. The molecule has 1 spiro atoms. The molecule has 10 nitrogen and oxygen atoms in total. The standard InChI is InChI=1S/C26H37ClN6O4S/c27-19-4-3-5-20(16-19)38(36,37)33-11-9-26(18-33)8-10-32(17-26)25(35)31-14-12-30(13-15-31)24-28-22-7-2-1-6-21(22)23(34)29-24/h3-5,16,21-22,24,28H,1-2,6-15,17-18H2,(H,29,34). The van der Waals surface area contributed by atoms with Crippen LogP contribution in [0.1, 0.15) is 38.5 Å². The van der Waals surface area contributed by atoms with Crippen molar-refractivity contribution in [1.29, 1.82) is 0 Å². The van der Waals surface area contributed by atoms with E-state index in [1.165, 1.54) is 6.07 Å². The molecule has 0 radical (unpaired) electrons. The van der Waals surface area contributed by atoms with Crippen molar-refractivity contribution >= 4 is 33.6 Å². The maximum absolute atomic E-state index is 13.4. The summed E-state index contributed by atoms with van der Waals surface area (Å²) in [7, 11) is -3.62. The Labute approximate surface area is 229 Å². The first kappa shape index (κ1) is 26.3. The van der Waals surface area contributed by atoms with Gasteiger partial charge in [-0.25, -0.2) is 13.2 Å². The summed E-state index contributed by atoms with van der Waals surface area (Å²) < 4.78 is 27.9. The van der Waals surface area contributed by atoms with Gasteiger partial charge in [-0.1, -0.05) is 30.5 Å². The van der Waals surface area contributed by atoms with Crippen molar-refractivity contribution in [3.8, 4) is 0 Å². The highest BCUT2D eigenvalue weighted by molar-refractivity contribution is 7.89. The van der Waals surface area contributed by atoms with Crippen LogP contribution in [0.3, 0.4) is 0 Å². The summed E-state index contributed by atoms with van der Waals surface area (Å²) in [6.07, 6.45) is 5.68. The summed E-state index contributed by atoms with van der Waals surface area (Å²) in [5.74, 6) is 0.236. The fourth-order valence-electron chi connectivity index (χ4n) is 7.01. The number of nitrogens with one attached hydrogen (secondary N) is 2. The average Bonchev–Trinajstić information content (AvgIpc) is 3.55. The van der Waals surface area contributed by atoms with Crippen LogP contribution in [0.15, 0.2) is 29.2 Å². The van der Waals surface area contributed by atoms with Gasteiger partial charge in [0.25, 0.3) is 0 Å². The predicted molar refractivity (Wildman–Crippen MR) is 143 cm³/mol. The van der Waals surface area contributed by atoms with E-state index in [0.29, 0.717) is 57.4 Å². The zero-order chi connectivity index (χ0) is 26.5. The van der Waals surface area contributed by atoms with Gasteiger partial charge in [-0.05, 0) is 43.9 Å². The van der Waals surface area contributed by atoms with E-state index >= 15 is 0 Å². The second-order valence-corrected chi connectivity index (χ2v) is 14.0. The van der Waals surface area contributed by atoms with Gasteiger partial charge >= 0.3 is 6.03 Å². The molecule has 1 saturated carbocycles. The van der Waals surface area contributed by atoms with Gasteiger partial charge in [-0.3, -0.25) is 15.0 Å². The summed E-state index contributed by atoms with van der Waals surface area (Å²) in [4.78, 5) is 32.3. The SMILES string of the molecule is O=C1NC(N2CCN(C(=O)N3CCC4(CCN(S(=O)(=O)c5cccc(Cl)c5)C4)C3)CC2)NC2CCCCC12. The molecule has 208 valence electrons. The number of carbonyl (C=O) groups is 2. The summed E-state index contributed by atoms with van der Waals surface area (Å²) in [6, 6.07) is 6.68. The highest BCUT2D eigenvalue weighted by Crippen LogP contribution is 2.42. The lowest BCUT2D eigenvalue weighted by Crippen LogP contribution is -2.70. The first-order chi connectivity index (χ1) is 18.2. The van der Waals surface area contributed by atoms with Gasteiger partial charge in [-0.15, -0.1) is 0 Å². The van der Waals surface area contributed by atoms with Crippen molar-refractivity contribution in [2.45, 2.75) is 55.8 Å². The summed E-state index contributed by atoms with van der Waals surface area (Å²) in [5.41, 5.74) is -0.198. The van der Waals surface area contributed by atoms with Gasteiger partial charge < -0.3 is 15.1 Å². The van der Waals surface area contributed by atoms with Gasteiger partial charge in [0.1, 0.15) is 6.29 Å². The first-order valence-electron chi connectivity index (χ1n) is 13.8. The van der Waals surface area contributed by atoms with Crippen LogP contribution in [0.25, 0.3) is 0 Å². The minimum Gasteiger partial charge on any atom is -0.328 e. The number of nitrogens with zero attached hydrogens (tertiary/aromatic N) is 4. The minimum absolute atomic E-state index is 0.0330. The molecule has 1 aromatic carbocycles. The summed E-state index contributed by atoms with van der Waals surface area (Å²) >= 11 is 6.04. The Morgan fingerprint density at radius 1 is 0.974 bits per heavy atom. The van der Waals surface area contributed by atoms with Crippen LogP contribution >= 0.6 is 11.6 Å². The molecule has 3 amide bonds. The minimum atomic E-state index is -3.62. The fraction of sp³-hybridized carbons (Fsp3) is 0.692. The molecule has 4 unspecified atom stereocenters. The Kier molecular flexibility index (Phi) is 7.09. The van der Waals surface area contributed by atoms with Gasteiger partial charge in [0, 0.05) is 68.8 Å². The van der Waals surface area contributed by atoms with E-state index in [2.05, 4.69) is 15.5 Å². The van der Waals surface area contributed by atoms with Crippen LogP contribution in [0.2, 0.25) is 5.02 Å². The van der Waals surface area contributed by atoms with E-state index < -0.39 is 10.0 Å². The number of sulfonamides is 1. The van der Waals surface area contributed by atoms with E-state index in [9.17, 15) is 18.0 Å². The van der Waals surface area contributed by atoms with Crippen molar-refractivity contribution in [1.82, 2.24) is 29.6 Å². The van der Waals surface area contributed by atoms with E-state index in [1.54, 1.807) is 22.5 Å². The van der Waals surface area contributed by atoms with E-state index in [1.807, 2.05) is 9.80 Å². The Balaban J connectivity index is 1.02. The number of likely N-dealkylation sites (tertiary alicyclic amines) is 1. The molecule has 1 aromatic rings. The number of hydrogen-bond acceptors (Lipinski definition) is 6. The maximum atomic E-state index is 13.4. The van der Waals surface area contributed by atoms with Crippen LogP contribution in [-0.2, 0) is 14.8 Å². The number of hydrogen-bond donors (Lipinski definition) is 2. The second-order valence-electron chi connectivity index (χ2n) is 11.6. The highest BCUT2D eigenvalue weighted by atomic mass is 35.5. The Hall–Kier alpha value is -1.92. The van der Waals surface area contributed by atoms with Crippen LogP contribution in [0.4, 0.5) is 4.79 Å². The van der Waals surface area contributed by atoms with Crippen LogP contribution in [0, 0.1) is 11.3 Å². The molecule has 4 aliphatic heterocycles. The van der Waals surface area contributed by atoms with Crippen LogP contribution < -0.4 is 10.6 Å². The smallest absolute Gasteiger partial charge is 0.320 e. The molecule has 0 bridgehead atoms. The Morgan fingerprint density at radius 2 is 1.74 bits per heavy atom. The number of halogens is 1. The molecule has 0 aromatic heterocycles. The zero-order valence-electron chi connectivity index (χ0n) is 21.6. The average molecular weight is 565 g/mol. The number of fused-ring (bicyclic) bond motifs is 1. The van der Waals surface area contributed by atoms with Gasteiger partial charge in [-0.2, -0.15) is 4.31 Å². The summed E-state index contributed by atoms with van der Waals surface area (Å²) in [6.45, 7) is 4.73. The topological polar surface area (TPSA) is 105 Å². The van der Waals surface area contributed by atoms with Crippen LogP contribution in [0.5, 0.6) is 0 Å². The third-order valence-corrected chi connectivity index (χ3v) is 11.3. The van der Waals surface area contributed by atoms with E-state index in [4.69, 9.17) is 11.6 Å². The molecule has 4 saturated heterocycles. The van der Waals surface area contributed by atoms with Crippen LogP contribution in [-0.4, -0.2) is 104 Å². The van der Waals surface area contributed by atoms with Crippen molar-refractivity contribution in [2.75, 3.05) is 52.4 Å². The first-order valence-corrected chi connectivity index (χ1v) is 15.7. The molecule has 38 heavy (non-hydrogen) atoms. The molecule has 1 aliphatic carbocycles. The molecule has 5 fully saturated rings. The largest absolute Gasteiger partial charge is 0.328 e. The number of urea groups is 1. The number of carbonyl (C=O) groups excluding carboxylic acids is 2. The summed E-state index contributed by atoms with van der Waals surface area (Å²) in [5, 5.41) is 7.19. The molecule has 4 heterocycles. The van der Waals surface area contributed by atoms with Crippen molar-refractivity contribution in [3.05, 3.63) is 29.3 Å². The maximum Gasteiger partial charge on any atom is 0.320 e. The number of rotatable bonds is 3. The Bertz CT molecular complexity index is 1190. The number of piperazine rings is 1. The van der Waals surface area contributed by atoms with Crippen molar-refractivity contribution in [2.24, 2.45) is 11.3 Å². The number of amides is 3. The lowest BCUT2D eigenvalue weighted by atomic mass is 9.82. The zero-order valence-corrected chi connectivity index (χ0v) is 23.2. The van der Waals surface area contributed by atoms with Gasteiger partial charge in [0.05, 0.1) is 10.8 Å². The molecule has 2 N–H and O–H groups in total. The quantitative estimate of drug-likeness (QED) is 0.579. The molecule has 4 atom stereocenters. The third kappa shape index (κ3) is 4.92. The van der Waals surface area contributed by atoms with Crippen molar-refractivity contribution < 1.29 is 18.0 Å². The third-order valence-electron chi connectivity index (χ3n) is 9.25. The second kappa shape index (κ2) is 10.2. The molecular weight excluding hydrogens is 528 g/mol. The lowest BCUT2D eigenvalue weighted by molar-refractivity contribution is -0.134. The van der Waals surface area contributed by atoms with Gasteiger partial charge in [0.2, 0.25) is 15.9 Å². The van der Waals surface area contributed by atoms with E-state index in [0.717, 1.165) is 38.5 Å². The molecule has 5 aliphatic rings. The fourth-order valence-corrected chi connectivity index (χ4v) is 8.86. The molecule has 6 rings (SSSR count). The number of benzene rings is 1. The molecule has 12 heteroatoms. The monoisotopic (exact) mass is 564 g/mol. The van der Waals surface area contributed by atoms with Gasteiger partial charge in [0.15, 0.2) is 0 Å². The predicted octanol–water partition coefficient (Wildman–Crippen LogP) is 1.73. The Morgan fingerprint density at radius 3 is 2.53 bits per heavy atom. The normalized spacial score (nSPS) is 33.0. The van der Waals surface area contributed by atoms with E-state index in [-0.39, 0.29) is 40.5 Å². The molecular formula is C26H37ClN6O4S. The van der Waals surface area contributed by atoms with Crippen molar-refractivity contribution in [3.63, 3.8) is 0 Å².